The molecule has 0 spiro atoms. The van der Waals surface area contributed by atoms with Crippen LogP contribution in [-0.2, 0) is 4.74 Å². The van der Waals surface area contributed by atoms with Crippen LogP contribution in [0.1, 0.15) is 19.9 Å². The Kier molecular flexibility index (Phi) is 5.65. The van der Waals surface area contributed by atoms with Crippen LogP contribution in [0.25, 0.3) is 0 Å². The van der Waals surface area contributed by atoms with Gasteiger partial charge in [-0.05, 0) is 13.8 Å². The van der Waals surface area contributed by atoms with Crippen LogP contribution in [-0.4, -0.2) is 35.9 Å². The van der Waals surface area contributed by atoms with Gasteiger partial charge in [0.05, 0.1) is 13.2 Å². The minimum Gasteiger partial charge on any atom is -0.378 e. The Morgan fingerprint density at radius 2 is 2.29 bits per heavy atom. The van der Waals surface area contributed by atoms with Gasteiger partial charge in [0.2, 0.25) is 0 Å². The molecular formula is C11H20N4O2. The van der Waals surface area contributed by atoms with E-state index >= 15 is 0 Å². The molecule has 0 bridgehead atoms. The summed E-state index contributed by atoms with van der Waals surface area (Å²) in [6.07, 6.45) is 3.30. The lowest BCUT2D eigenvalue weighted by Crippen LogP contribution is -2.27. The number of hydrogen-bond acceptors (Lipinski definition) is 5. The van der Waals surface area contributed by atoms with E-state index < -0.39 is 0 Å². The van der Waals surface area contributed by atoms with E-state index in [1.165, 1.54) is 0 Å². The molecule has 0 radical (unpaired) electrons. The predicted octanol–water partition coefficient (Wildman–Crippen LogP) is 0.211. The van der Waals surface area contributed by atoms with Crippen molar-refractivity contribution in [1.29, 1.82) is 0 Å². The van der Waals surface area contributed by atoms with Gasteiger partial charge in [0, 0.05) is 31.5 Å². The summed E-state index contributed by atoms with van der Waals surface area (Å²) >= 11 is 0. The first kappa shape index (κ1) is 13.7. The fourth-order valence-electron chi connectivity index (χ4n) is 1.38. The number of ether oxygens (including phenoxy) is 1. The third-order valence-electron chi connectivity index (χ3n) is 2.23. The fourth-order valence-corrected chi connectivity index (χ4v) is 1.38. The molecule has 3 N–H and O–H groups in total. The molecule has 0 aliphatic rings. The lowest BCUT2D eigenvalue weighted by molar-refractivity contribution is 0.151. The maximum absolute atomic E-state index is 11.9. The third kappa shape index (κ3) is 4.16. The summed E-state index contributed by atoms with van der Waals surface area (Å²) in [5, 5.41) is 2.96. The Morgan fingerprint density at radius 1 is 1.53 bits per heavy atom. The van der Waals surface area contributed by atoms with Crippen molar-refractivity contribution in [3.05, 3.63) is 22.7 Å². The first-order valence-electron chi connectivity index (χ1n) is 5.75. The van der Waals surface area contributed by atoms with Crippen LogP contribution in [0.4, 0.5) is 5.82 Å². The van der Waals surface area contributed by atoms with Gasteiger partial charge < -0.3 is 20.4 Å². The van der Waals surface area contributed by atoms with Crippen LogP contribution in [0.15, 0.2) is 17.2 Å². The zero-order valence-electron chi connectivity index (χ0n) is 10.3. The van der Waals surface area contributed by atoms with Crippen LogP contribution in [0.5, 0.6) is 0 Å². The summed E-state index contributed by atoms with van der Waals surface area (Å²) in [5.41, 5.74) is 5.18. The van der Waals surface area contributed by atoms with Crippen molar-refractivity contribution < 1.29 is 4.74 Å². The number of nitrogens with one attached hydrogen (secondary N) is 1. The van der Waals surface area contributed by atoms with Crippen molar-refractivity contribution in [3.8, 4) is 0 Å². The number of nitrogens with zero attached hydrogens (tertiary/aromatic N) is 2. The Balaban J connectivity index is 2.54. The van der Waals surface area contributed by atoms with Gasteiger partial charge in [0.15, 0.2) is 5.82 Å². The number of nitrogens with two attached hydrogens (primary N) is 1. The van der Waals surface area contributed by atoms with Crippen LogP contribution < -0.4 is 16.6 Å². The molecule has 17 heavy (non-hydrogen) atoms. The first-order valence-corrected chi connectivity index (χ1v) is 5.75. The van der Waals surface area contributed by atoms with Gasteiger partial charge >= 0.3 is 0 Å². The van der Waals surface area contributed by atoms with Crippen LogP contribution in [0.2, 0.25) is 0 Å². The maximum atomic E-state index is 11.9. The van der Waals surface area contributed by atoms with E-state index in [1.807, 2.05) is 13.8 Å². The number of hydrogen-bond donors (Lipinski definition) is 2. The minimum absolute atomic E-state index is 0.110. The van der Waals surface area contributed by atoms with E-state index in [0.29, 0.717) is 32.1 Å². The summed E-state index contributed by atoms with van der Waals surface area (Å²) in [6, 6.07) is 0.125. The Hall–Kier alpha value is -1.40. The number of aromatic nitrogens is 2. The summed E-state index contributed by atoms with van der Waals surface area (Å²) < 4.78 is 6.83. The SMILES string of the molecule is CC(C)n1ccnc(NCCOCCN)c1=O. The van der Waals surface area contributed by atoms with E-state index in [0.717, 1.165) is 0 Å². The van der Waals surface area contributed by atoms with Crippen molar-refractivity contribution in [2.75, 3.05) is 31.6 Å². The van der Waals surface area contributed by atoms with E-state index in [1.54, 1.807) is 17.0 Å². The van der Waals surface area contributed by atoms with E-state index in [2.05, 4.69) is 10.3 Å². The topological polar surface area (TPSA) is 82.2 Å². The molecule has 6 heteroatoms. The van der Waals surface area contributed by atoms with Crippen LogP contribution in [0.3, 0.4) is 0 Å². The molecule has 0 aliphatic heterocycles. The van der Waals surface area contributed by atoms with Crippen molar-refractivity contribution in [2.45, 2.75) is 19.9 Å². The summed E-state index contributed by atoms with van der Waals surface area (Å²) in [7, 11) is 0. The summed E-state index contributed by atoms with van der Waals surface area (Å²) in [5.74, 6) is 0.359. The van der Waals surface area contributed by atoms with Crippen molar-refractivity contribution >= 4 is 5.82 Å². The normalized spacial score (nSPS) is 10.8. The zero-order chi connectivity index (χ0) is 12.7. The Morgan fingerprint density at radius 3 is 2.94 bits per heavy atom. The van der Waals surface area contributed by atoms with E-state index in [4.69, 9.17) is 10.5 Å². The molecule has 1 aromatic rings. The summed E-state index contributed by atoms with van der Waals surface area (Å²) in [4.78, 5) is 15.9. The number of anilines is 1. The van der Waals surface area contributed by atoms with E-state index in [-0.39, 0.29) is 11.6 Å². The molecule has 0 aliphatic carbocycles. The highest BCUT2D eigenvalue weighted by Gasteiger charge is 2.05. The molecule has 1 rings (SSSR count). The molecular weight excluding hydrogens is 220 g/mol. The molecule has 0 saturated carbocycles. The standard InChI is InChI=1S/C11H20N4O2/c1-9(2)15-6-4-13-10(11(15)16)14-5-8-17-7-3-12/h4,6,9H,3,5,7-8,12H2,1-2H3,(H,13,14). The summed E-state index contributed by atoms with van der Waals surface area (Å²) in [6.45, 7) is 5.99. The van der Waals surface area contributed by atoms with Gasteiger partial charge in [-0.1, -0.05) is 0 Å². The Bertz CT molecular complexity index is 389. The second kappa shape index (κ2) is 7.03. The van der Waals surface area contributed by atoms with Gasteiger partial charge in [-0.15, -0.1) is 0 Å². The van der Waals surface area contributed by atoms with Crippen molar-refractivity contribution in [1.82, 2.24) is 9.55 Å². The van der Waals surface area contributed by atoms with Gasteiger partial charge in [-0.3, -0.25) is 4.79 Å². The lowest BCUT2D eigenvalue weighted by Gasteiger charge is -2.11. The monoisotopic (exact) mass is 240 g/mol. The second-order valence-electron chi connectivity index (χ2n) is 3.91. The molecule has 0 fully saturated rings. The van der Waals surface area contributed by atoms with Crippen LogP contribution >= 0.6 is 0 Å². The molecule has 0 saturated heterocycles. The highest BCUT2D eigenvalue weighted by Crippen LogP contribution is 2.00. The quantitative estimate of drug-likeness (QED) is 0.666. The smallest absolute Gasteiger partial charge is 0.293 e. The van der Waals surface area contributed by atoms with E-state index in [9.17, 15) is 4.79 Å². The zero-order valence-corrected chi connectivity index (χ0v) is 10.3. The van der Waals surface area contributed by atoms with Crippen molar-refractivity contribution in [3.63, 3.8) is 0 Å². The maximum Gasteiger partial charge on any atom is 0.293 e. The highest BCUT2D eigenvalue weighted by molar-refractivity contribution is 5.30. The van der Waals surface area contributed by atoms with Gasteiger partial charge in [0.1, 0.15) is 0 Å². The van der Waals surface area contributed by atoms with Gasteiger partial charge in [-0.25, -0.2) is 4.98 Å². The van der Waals surface area contributed by atoms with Gasteiger partial charge in [-0.2, -0.15) is 0 Å². The molecule has 1 heterocycles. The highest BCUT2D eigenvalue weighted by atomic mass is 16.5. The molecule has 6 nitrogen and oxygen atoms in total. The van der Waals surface area contributed by atoms with Crippen molar-refractivity contribution in [2.24, 2.45) is 5.73 Å². The largest absolute Gasteiger partial charge is 0.378 e. The average Bonchev–Trinajstić information content (AvgIpc) is 2.30. The molecule has 96 valence electrons. The predicted molar refractivity (Wildman–Crippen MR) is 67.2 cm³/mol. The molecule has 0 amide bonds. The fraction of sp³-hybridized carbons (Fsp3) is 0.636. The minimum atomic E-state index is -0.110. The molecule has 0 unspecified atom stereocenters. The van der Waals surface area contributed by atoms with Crippen LogP contribution in [0, 0.1) is 0 Å². The molecule has 0 atom stereocenters. The third-order valence-corrected chi connectivity index (χ3v) is 2.23. The average molecular weight is 240 g/mol. The lowest BCUT2D eigenvalue weighted by atomic mass is 10.4. The molecule has 0 aromatic carbocycles. The second-order valence-corrected chi connectivity index (χ2v) is 3.91. The molecule has 1 aromatic heterocycles. The Labute approximate surface area is 101 Å². The van der Waals surface area contributed by atoms with Gasteiger partial charge in [0.25, 0.3) is 5.56 Å². The first-order chi connectivity index (χ1) is 8.16. The number of rotatable bonds is 7.